The summed E-state index contributed by atoms with van der Waals surface area (Å²) in [6.07, 6.45) is 4.02. The number of aromatic nitrogens is 2. The third-order valence-corrected chi connectivity index (χ3v) is 4.79. The molecular weight excluding hydrogens is 368 g/mol. The Morgan fingerprint density at radius 1 is 1.53 bits per heavy atom. The van der Waals surface area contributed by atoms with Crippen molar-refractivity contribution in [2.24, 2.45) is 0 Å². The summed E-state index contributed by atoms with van der Waals surface area (Å²) in [4.78, 5) is 0. The highest BCUT2D eigenvalue weighted by Gasteiger charge is 2.17. The van der Waals surface area contributed by atoms with Crippen molar-refractivity contribution in [1.29, 1.82) is 0 Å². The molecule has 2 rings (SSSR count). The normalized spacial score (nSPS) is 12.9. The lowest BCUT2D eigenvalue weighted by molar-refractivity contribution is 0.220. The monoisotopic (exact) mass is 378 g/mol. The first kappa shape index (κ1) is 13.3. The van der Waals surface area contributed by atoms with Crippen LogP contribution >= 0.6 is 43.2 Å². The molecule has 0 spiro atoms. The number of halogens is 2. The van der Waals surface area contributed by atoms with Crippen molar-refractivity contribution in [2.75, 3.05) is 0 Å². The maximum absolute atomic E-state index is 10.3. The molecule has 0 saturated carbocycles. The maximum atomic E-state index is 10.3. The largest absolute Gasteiger partial charge is 0.383 e. The summed E-state index contributed by atoms with van der Waals surface area (Å²) >= 11 is 8.42. The fourth-order valence-corrected chi connectivity index (χ4v) is 4.47. The van der Waals surface area contributed by atoms with Crippen LogP contribution in [0, 0.1) is 0 Å². The third-order valence-electron chi connectivity index (χ3n) is 2.40. The minimum absolute atomic E-state index is 0.627. The summed E-state index contributed by atoms with van der Waals surface area (Å²) < 4.78 is 3.80. The van der Waals surface area contributed by atoms with Gasteiger partial charge in [0.25, 0.3) is 0 Å². The van der Waals surface area contributed by atoms with Crippen LogP contribution in [-0.2, 0) is 6.54 Å². The van der Waals surface area contributed by atoms with E-state index < -0.39 is 6.10 Å². The predicted molar refractivity (Wildman–Crippen MR) is 76.3 cm³/mol. The summed E-state index contributed by atoms with van der Waals surface area (Å²) in [5.74, 6) is 0. The molecule has 2 aromatic heterocycles. The van der Waals surface area contributed by atoms with E-state index in [1.165, 1.54) is 0 Å². The van der Waals surface area contributed by atoms with Crippen molar-refractivity contribution in [2.45, 2.75) is 26.0 Å². The van der Waals surface area contributed by atoms with Gasteiger partial charge in [0.15, 0.2) is 0 Å². The first-order valence-corrected chi connectivity index (χ1v) is 7.67. The Labute approximate surface area is 121 Å². The highest BCUT2D eigenvalue weighted by Crippen LogP contribution is 2.37. The van der Waals surface area contributed by atoms with E-state index in [0.29, 0.717) is 0 Å². The molecule has 0 bridgehead atoms. The van der Waals surface area contributed by atoms with Gasteiger partial charge in [-0.3, -0.25) is 4.68 Å². The van der Waals surface area contributed by atoms with Crippen LogP contribution in [0.25, 0.3) is 0 Å². The molecule has 0 radical (unpaired) electrons. The number of hydrogen-bond acceptors (Lipinski definition) is 3. The van der Waals surface area contributed by atoms with E-state index in [4.69, 9.17) is 0 Å². The average molecular weight is 380 g/mol. The van der Waals surface area contributed by atoms with Crippen LogP contribution in [0.2, 0.25) is 0 Å². The summed E-state index contributed by atoms with van der Waals surface area (Å²) in [7, 11) is 0. The molecule has 2 heterocycles. The van der Waals surface area contributed by atoms with E-state index in [9.17, 15) is 5.11 Å². The molecular formula is C11H12Br2N2OS. The zero-order valence-corrected chi connectivity index (χ0v) is 13.2. The minimum Gasteiger partial charge on any atom is -0.383 e. The Bertz CT molecular complexity index is 509. The fraction of sp³-hybridized carbons (Fsp3) is 0.364. The lowest BCUT2D eigenvalue weighted by Gasteiger charge is -2.06. The van der Waals surface area contributed by atoms with Gasteiger partial charge in [-0.1, -0.05) is 6.92 Å². The van der Waals surface area contributed by atoms with Crippen LogP contribution in [0.3, 0.4) is 0 Å². The minimum atomic E-state index is -0.627. The summed E-state index contributed by atoms with van der Waals surface area (Å²) in [5.41, 5.74) is 1.70. The Balaban J connectivity index is 2.24. The Morgan fingerprint density at radius 2 is 2.29 bits per heavy atom. The van der Waals surface area contributed by atoms with E-state index in [1.807, 2.05) is 16.9 Å². The van der Waals surface area contributed by atoms with Gasteiger partial charge in [0.1, 0.15) is 6.10 Å². The number of aryl methyl sites for hydroxylation is 1. The molecule has 0 aliphatic carbocycles. The van der Waals surface area contributed by atoms with Crippen LogP contribution in [0.1, 0.15) is 30.6 Å². The summed E-state index contributed by atoms with van der Waals surface area (Å²) in [6, 6.07) is 1.93. The third kappa shape index (κ3) is 2.99. The number of nitrogens with zero attached hydrogens (tertiary/aromatic N) is 2. The molecule has 3 nitrogen and oxygen atoms in total. The molecule has 0 aliphatic rings. The van der Waals surface area contributed by atoms with Gasteiger partial charge in [0.05, 0.1) is 13.8 Å². The number of aliphatic hydroxyl groups is 1. The highest BCUT2D eigenvalue weighted by molar-refractivity contribution is 9.12. The van der Waals surface area contributed by atoms with E-state index in [1.54, 1.807) is 17.5 Å². The second-order valence-corrected chi connectivity index (χ2v) is 7.47. The van der Waals surface area contributed by atoms with Gasteiger partial charge in [-0.2, -0.15) is 5.10 Å². The topological polar surface area (TPSA) is 38.0 Å². The Morgan fingerprint density at radius 3 is 2.88 bits per heavy atom. The molecule has 17 heavy (non-hydrogen) atoms. The average Bonchev–Trinajstić information content (AvgIpc) is 2.85. The molecule has 0 aromatic carbocycles. The Kier molecular flexibility index (Phi) is 4.41. The van der Waals surface area contributed by atoms with Gasteiger partial charge in [-0.05, 0) is 44.3 Å². The SMILES string of the molecule is CCCn1cc(C(O)c2cc(Br)sc2Br)cn1. The lowest BCUT2D eigenvalue weighted by Crippen LogP contribution is -1.98. The molecule has 1 unspecified atom stereocenters. The van der Waals surface area contributed by atoms with E-state index in [2.05, 4.69) is 43.9 Å². The van der Waals surface area contributed by atoms with Gasteiger partial charge in [0.2, 0.25) is 0 Å². The zero-order chi connectivity index (χ0) is 12.4. The van der Waals surface area contributed by atoms with Gasteiger partial charge >= 0.3 is 0 Å². The highest BCUT2D eigenvalue weighted by atomic mass is 79.9. The summed E-state index contributed by atoms with van der Waals surface area (Å²) in [5, 5.41) is 14.5. The van der Waals surface area contributed by atoms with Crippen LogP contribution in [0.15, 0.2) is 26.0 Å². The maximum Gasteiger partial charge on any atom is 0.109 e. The van der Waals surface area contributed by atoms with Crippen molar-refractivity contribution >= 4 is 43.2 Å². The van der Waals surface area contributed by atoms with Crippen molar-refractivity contribution in [3.05, 3.63) is 37.2 Å². The summed E-state index contributed by atoms with van der Waals surface area (Å²) in [6.45, 7) is 2.98. The first-order chi connectivity index (χ1) is 8.11. The van der Waals surface area contributed by atoms with Crippen molar-refractivity contribution in [3.63, 3.8) is 0 Å². The fourth-order valence-electron chi connectivity index (χ4n) is 1.59. The molecule has 92 valence electrons. The molecule has 0 aliphatic heterocycles. The predicted octanol–water partition coefficient (Wildman–Crippen LogP) is 3.96. The van der Waals surface area contributed by atoms with Crippen molar-refractivity contribution < 1.29 is 5.11 Å². The number of aliphatic hydroxyl groups excluding tert-OH is 1. The standard InChI is InChI=1S/C11H12Br2N2OS/c1-2-3-15-6-7(5-14-15)10(16)8-4-9(12)17-11(8)13/h4-6,10,16H,2-3H2,1H3. The second kappa shape index (κ2) is 5.65. The van der Waals surface area contributed by atoms with Gasteiger partial charge in [-0.25, -0.2) is 0 Å². The Hall–Kier alpha value is -0.170. The zero-order valence-electron chi connectivity index (χ0n) is 9.23. The molecule has 0 saturated heterocycles. The van der Waals surface area contributed by atoms with Crippen LogP contribution in [-0.4, -0.2) is 14.9 Å². The molecule has 1 N–H and O–H groups in total. The second-order valence-electron chi connectivity index (χ2n) is 3.72. The van der Waals surface area contributed by atoms with Crippen LogP contribution < -0.4 is 0 Å². The smallest absolute Gasteiger partial charge is 0.109 e. The van der Waals surface area contributed by atoms with Crippen LogP contribution in [0.4, 0.5) is 0 Å². The van der Waals surface area contributed by atoms with Crippen molar-refractivity contribution in [3.8, 4) is 0 Å². The van der Waals surface area contributed by atoms with E-state index in [-0.39, 0.29) is 0 Å². The number of rotatable bonds is 4. The molecule has 6 heteroatoms. The number of hydrogen-bond donors (Lipinski definition) is 1. The molecule has 0 fully saturated rings. The lowest BCUT2D eigenvalue weighted by atomic mass is 10.1. The molecule has 2 aromatic rings. The first-order valence-electron chi connectivity index (χ1n) is 5.27. The van der Waals surface area contributed by atoms with E-state index in [0.717, 1.165) is 31.7 Å². The quantitative estimate of drug-likeness (QED) is 0.872. The van der Waals surface area contributed by atoms with Crippen LogP contribution in [0.5, 0.6) is 0 Å². The van der Waals surface area contributed by atoms with Gasteiger partial charge in [0, 0.05) is 23.9 Å². The molecule has 0 amide bonds. The van der Waals surface area contributed by atoms with Gasteiger partial charge in [-0.15, -0.1) is 11.3 Å². The van der Waals surface area contributed by atoms with Crippen molar-refractivity contribution in [1.82, 2.24) is 9.78 Å². The number of thiophene rings is 1. The molecule has 1 atom stereocenters. The van der Waals surface area contributed by atoms with E-state index >= 15 is 0 Å². The van der Waals surface area contributed by atoms with Gasteiger partial charge < -0.3 is 5.11 Å².